The highest BCUT2D eigenvalue weighted by Crippen LogP contribution is 2.17. The van der Waals surface area contributed by atoms with Crippen molar-refractivity contribution < 1.29 is 28.6 Å². The van der Waals surface area contributed by atoms with Crippen molar-refractivity contribution in [2.24, 2.45) is 0 Å². The molecule has 0 fully saturated rings. The zero-order chi connectivity index (χ0) is 40.6. The van der Waals surface area contributed by atoms with Gasteiger partial charge in [-0.2, -0.15) is 0 Å². The molecule has 0 aliphatic carbocycles. The quantitative estimate of drug-likeness (QED) is 0.0311. The van der Waals surface area contributed by atoms with Gasteiger partial charge in [-0.25, -0.2) is 0 Å². The molecule has 0 saturated heterocycles. The zero-order valence-corrected chi connectivity index (χ0v) is 35.8. The Labute approximate surface area is 342 Å². The largest absolute Gasteiger partial charge is 0.461 e. The molecule has 7 heteroatoms. The lowest BCUT2D eigenvalue weighted by atomic mass is 10.1. The summed E-state index contributed by atoms with van der Waals surface area (Å²) in [6.07, 6.45) is 44.3. The molecule has 7 nitrogen and oxygen atoms in total. The lowest BCUT2D eigenvalue weighted by molar-refractivity contribution is -0.145. The summed E-state index contributed by atoms with van der Waals surface area (Å²) in [5.74, 6) is -0.728. The maximum atomic E-state index is 12.5. The number of carbonyl (C=O) groups excluding carboxylic acids is 3. The van der Waals surface area contributed by atoms with Crippen LogP contribution >= 0.6 is 0 Å². The van der Waals surface area contributed by atoms with Crippen molar-refractivity contribution in [3.63, 3.8) is 0 Å². The summed E-state index contributed by atoms with van der Waals surface area (Å²) < 4.78 is 16.7. The predicted octanol–water partition coefficient (Wildman–Crippen LogP) is 13.1. The minimum absolute atomic E-state index is 0.100. The molecule has 0 saturated carbocycles. The van der Waals surface area contributed by atoms with E-state index in [4.69, 9.17) is 14.2 Å². The average molecular weight is 778 g/mol. The van der Waals surface area contributed by atoms with Gasteiger partial charge >= 0.3 is 17.9 Å². The Morgan fingerprint density at radius 3 is 1.12 bits per heavy atom. The summed E-state index contributed by atoms with van der Waals surface area (Å²) in [5.41, 5.74) is 2.33. The molecule has 0 spiro atoms. The molecule has 1 rings (SSSR count). The number of nitrogens with one attached hydrogen (secondary N) is 1. The Balaban J connectivity index is 2.37. The van der Waals surface area contributed by atoms with Crippen molar-refractivity contribution in [2.45, 2.75) is 194 Å². The molecule has 0 unspecified atom stereocenters. The number of hydrogen-bond donors (Lipinski definition) is 1. The maximum absolute atomic E-state index is 12.5. The van der Waals surface area contributed by atoms with Gasteiger partial charge in [-0.15, -0.1) is 0 Å². The van der Waals surface area contributed by atoms with Gasteiger partial charge in [0, 0.05) is 19.4 Å². The van der Waals surface area contributed by atoms with Gasteiger partial charge in [-0.05, 0) is 119 Å². The molecule has 1 N–H and O–H groups in total. The molecule has 316 valence electrons. The van der Waals surface area contributed by atoms with E-state index in [1.54, 1.807) is 7.05 Å². The summed E-state index contributed by atoms with van der Waals surface area (Å²) in [6.45, 7) is 5.35. The van der Waals surface area contributed by atoms with Crippen molar-refractivity contribution in [1.29, 1.82) is 0 Å². The van der Waals surface area contributed by atoms with Crippen LogP contribution in [0.3, 0.4) is 0 Å². The minimum Gasteiger partial charge on any atom is -0.461 e. The lowest BCUT2D eigenvalue weighted by Gasteiger charge is -2.12. The van der Waals surface area contributed by atoms with Crippen molar-refractivity contribution in [1.82, 2.24) is 5.32 Å². The number of ether oxygens (including phenoxy) is 3. The van der Waals surface area contributed by atoms with Crippen LogP contribution < -0.4 is 5.32 Å². The summed E-state index contributed by atoms with van der Waals surface area (Å²) in [5, 5.41) is 2.95. The van der Waals surface area contributed by atoms with Crippen LogP contribution in [0.15, 0.2) is 66.8 Å². The Bertz CT molecular complexity index is 1170. The Hall–Kier alpha value is -3.45. The van der Waals surface area contributed by atoms with E-state index in [2.05, 4.69) is 67.8 Å². The first kappa shape index (κ1) is 50.6. The topological polar surface area (TPSA) is 90.9 Å². The minimum atomic E-state index is -0.293. The normalized spacial score (nSPS) is 11.8. The number of rotatable bonds is 37. The zero-order valence-electron chi connectivity index (χ0n) is 35.8. The predicted molar refractivity (Wildman–Crippen MR) is 233 cm³/mol. The highest BCUT2D eigenvalue weighted by molar-refractivity contribution is 5.70. The first-order valence-corrected chi connectivity index (χ1v) is 22.3. The smallest absolute Gasteiger partial charge is 0.307 e. The number of hydrogen-bond acceptors (Lipinski definition) is 7. The molecule has 0 aromatic heterocycles. The lowest BCUT2D eigenvalue weighted by Crippen LogP contribution is -2.15. The van der Waals surface area contributed by atoms with E-state index in [1.165, 1.54) is 77.0 Å². The van der Waals surface area contributed by atoms with E-state index >= 15 is 0 Å². The molecule has 56 heavy (non-hydrogen) atoms. The van der Waals surface area contributed by atoms with Gasteiger partial charge in [0.2, 0.25) is 0 Å². The maximum Gasteiger partial charge on any atom is 0.307 e. The molecular weight excluding hydrogens is 699 g/mol. The number of carbonyl (C=O) groups is 3. The van der Waals surface area contributed by atoms with Gasteiger partial charge < -0.3 is 19.5 Å². The van der Waals surface area contributed by atoms with Crippen LogP contribution in [-0.2, 0) is 48.4 Å². The van der Waals surface area contributed by atoms with Crippen LogP contribution in [0.25, 0.3) is 0 Å². The van der Waals surface area contributed by atoms with Gasteiger partial charge in [-0.1, -0.05) is 127 Å². The number of benzene rings is 1. The molecule has 0 amide bonds. The van der Waals surface area contributed by atoms with Crippen LogP contribution in [0.4, 0.5) is 0 Å². The van der Waals surface area contributed by atoms with Gasteiger partial charge in [0.15, 0.2) is 0 Å². The van der Waals surface area contributed by atoms with Crippen LogP contribution in [-0.4, -0.2) is 31.5 Å². The molecular formula is C49H79NO6. The third-order valence-corrected chi connectivity index (χ3v) is 9.55. The number of allylic oxidation sites excluding steroid dienone is 8. The second-order valence-electron chi connectivity index (χ2n) is 15.0. The Kier molecular flexibility index (Phi) is 34.7. The van der Waals surface area contributed by atoms with Gasteiger partial charge in [0.25, 0.3) is 0 Å². The molecule has 0 atom stereocenters. The molecule has 0 radical (unpaired) electrons. The van der Waals surface area contributed by atoms with Crippen LogP contribution in [0.5, 0.6) is 0 Å². The average Bonchev–Trinajstić information content (AvgIpc) is 3.20. The molecule has 0 aliphatic rings. The fourth-order valence-corrected chi connectivity index (χ4v) is 6.19. The third-order valence-electron chi connectivity index (χ3n) is 9.55. The van der Waals surface area contributed by atoms with Crippen LogP contribution in [0, 0.1) is 0 Å². The standard InChI is InChI=1S/C49H79NO6/c1-4-6-8-10-12-14-16-18-20-22-24-26-28-30-32-34-47(51)54-41-44-38-45(40-46(39-44)43-56-49(53)36-37-50-3)42-55-48(52)35-33-31-29-27-25-23-21-19-17-15-13-11-9-7-5-2/h12-15,18-21,38-40,50H,4-11,16-17,22-37,41-43H2,1-3H3/b14-12-,15-13-,20-18-,21-19-. The molecule has 0 heterocycles. The monoisotopic (exact) mass is 778 g/mol. The fourth-order valence-electron chi connectivity index (χ4n) is 6.19. The van der Waals surface area contributed by atoms with Crippen molar-refractivity contribution >= 4 is 17.9 Å². The van der Waals surface area contributed by atoms with Gasteiger partial charge in [0.05, 0.1) is 6.42 Å². The summed E-state index contributed by atoms with van der Waals surface area (Å²) in [6, 6.07) is 5.65. The van der Waals surface area contributed by atoms with E-state index in [0.29, 0.717) is 19.4 Å². The first-order chi connectivity index (χ1) is 27.5. The second-order valence-corrected chi connectivity index (χ2v) is 15.0. The molecule has 1 aromatic rings. The van der Waals surface area contributed by atoms with E-state index in [9.17, 15) is 14.4 Å². The van der Waals surface area contributed by atoms with E-state index in [-0.39, 0.29) is 44.1 Å². The van der Waals surface area contributed by atoms with Crippen molar-refractivity contribution in [2.75, 3.05) is 13.6 Å². The van der Waals surface area contributed by atoms with Crippen LogP contribution in [0.2, 0.25) is 0 Å². The third kappa shape index (κ3) is 32.8. The number of esters is 3. The Morgan fingerprint density at radius 2 is 0.768 bits per heavy atom. The van der Waals surface area contributed by atoms with E-state index in [0.717, 1.165) is 80.9 Å². The molecule has 0 bridgehead atoms. The van der Waals surface area contributed by atoms with Gasteiger partial charge in [0.1, 0.15) is 19.8 Å². The summed E-state index contributed by atoms with van der Waals surface area (Å²) in [7, 11) is 1.79. The number of unbranched alkanes of at least 4 members (excludes halogenated alkanes) is 16. The van der Waals surface area contributed by atoms with Crippen molar-refractivity contribution in [3.8, 4) is 0 Å². The Morgan fingerprint density at radius 1 is 0.446 bits per heavy atom. The SMILES string of the molecule is CCCCC/C=C\C/C=C\CCCCCCCC(=O)OCc1cc(COC(=O)CCCCCCC/C=C\C/C=C\CCCCC)cc(COC(=O)CCNC)c1. The first-order valence-electron chi connectivity index (χ1n) is 22.3. The van der Waals surface area contributed by atoms with E-state index in [1.807, 2.05) is 18.2 Å². The van der Waals surface area contributed by atoms with E-state index < -0.39 is 0 Å². The summed E-state index contributed by atoms with van der Waals surface area (Å²) in [4.78, 5) is 37.2. The van der Waals surface area contributed by atoms with Crippen molar-refractivity contribution in [3.05, 3.63) is 83.5 Å². The summed E-state index contributed by atoms with van der Waals surface area (Å²) >= 11 is 0. The molecule has 0 aliphatic heterocycles. The highest BCUT2D eigenvalue weighted by Gasteiger charge is 2.10. The van der Waals surface area contributed by atoms with Crippen LogP contribution in [0.1, 0.15) is 191 Å². The second kappa shape index (κ2) is 38.4. The van der Waals surface area contributed by atoms with Gasteiger partial charge in [-0.3, -0.25) is 14.4 Å². The molecule has 1 aromatic carbocycles. The fraction of sp³-hybridized carbons (Fsp3) is 0.653. The highest BCUT2D eigenvalue weighted by atomic mass is 16.5.